The van der Waals surface area contributed by atoms with E-state index in [-0.39, 0.29) is 15.8 Å². The molecule has 0 amide bonds. The lowest BCUT2D eigenvalue weighted by molar-refractivity contribution is 0.596. The molecule has 4 N–H and O–H groups in total. The summed E-state index contributed by atoms with van der Waals surface area (Å²) in [6.45, 7) is 0.414. The minimum Gasteiger partial charge on any atom is -0.370 e. The average molecular weight is 339 g/mol. The third-order valence-electron chi connectivity index (χ3n) is 3.78. The van der Waals surface area contributed by atoms with Crippen LogP contribution in [0.15, 0.2) is 76.5 Å². The number of guanidine groups is 1. The highest BCUT2D eigenvalue weighted by molar-refractivity contribution is 7.91. The van der Waals surface area contributed by atoms with Crippen LogP contribution in [0.25, 0.3) is 10.8 Å². The zero-order valence-corrected chi connectivity index (χ0v) is 13.7. The van der Waals surface area contributed by atoms with Crippen LogP contribution in [0.3, 0.4) is 0 Å². The molecule has 3 aromatic carbocycles. The average Bonchev–Trinajstić information content (AvgIpc) is 2.60. The summed E-state index contributed by atoms with van der Waals surface area (Å²) in [6.07, 6.45) is 0. The highest BCUT2D eigenvalue weighted by Gasteiger charge is 2.17. The van der Waals surface area contributed by atoms with Crippen molar-refractivity contribution in [3.05, 3.63) is 72.3 Å². The van der Waals surface area contributed by atoms with Gasteiger partial charge in [-0.2, -0.15) is 0 Å². The first-order valence-corrected chi connectivity index (χ1v) is 8.86. The van der Waals surface area contributed by atoms with Crippen molar-refractivity contribution >= 4 is 26.6 Å². The fourth-order valence-corrected chi connectivity index (χ4v) is 3.89. The van der Waals surface area contributed by atoms with Crippen LogP contribution in [0.2, 0.25) is 0 Å². The summed E-state index contributed by atoms with van der Waals surface area (Å²) in [5, 5.41) is 11.8. The van der Waals surface area contributed by atoms with Crippen molar-refractivity contribution in [1.29, 1.82) is 5.41 Å². The van der Waals surface area contributed by atoms with E-state index in [4.69, 9.17) is 11.1 Å². The van der Waals surface area contributed by atoms with E-state index >= 15 is 0 Å². The maximum Gasteiger partial charge on any atom is 0.206 e. The normalized spacial score (nSPS) is 11.3. The Bertz CT molecular complexity index is 999. The van der Waals surface area contributed by atoms with Crippen molar-refractivity contribution in [2.45, 2.75) is 16.3 Å². The van der Waals surface area contributed by atoms with Crippen LogP contribution in [-0.2, 0) is 16.4 Å². The summed E-state index contributed by atoms with van der Waals surface area (Å²) in [6, 6.07) is 19.1. The predicted molar refractivity (Wildman–Crippen MR) is 94.6 cm³/mol. The zero-order valence-electron chi connectivity index (χ0n) is 12.9. The van der Waals surface area contributed by atoms with Gasteiger partial charge in [-0.1, -0.05) is 42.5 Å². The summed E-state index contributed by atoms with van der Waals surface area (Å²) in [5.41, 5.74) is 6.27. The third kappa shape index (κ3) is 3.09. The van der Waals surface area contributed by atoms with E-state index in [9.17, 15) is 8.42 Å². The molecule has 6 heteroatoms. The molecule has 0 unspecified atom stereocenters. The van der Waals surface area contributed by atoms with Gasteiger partial charge in [0.15, 0.2) is 5.96 Å². The van der Waals surface area contributed by atoms with Gasteiger partial charge in [-0.05, 0) is 40.6 Å². The van der Waals surface area contributed by atoms with E-state index in [2.05, 4.69) is 5.32 Å². The Morgan fingerprint density at radius 2 is 1.71 bits per heavy atom. The quantitative estimate of drug-likeness (QED) is 0.503. The summed E-state index contributed by atoms with van der Waals surface area (Å²) in [4.78, 5) is 0.539. The second-order valence-electron chi connectivity index (χ2n) is 5.38. The molecular weight excluding hydrogens is 322 g/mol. The van der Waals surface area contributed by atoms with Crippen LogP contribution >= 0.6 is 0 Å². The molecule has 0 fully saturated rings. The minimum atomic E-state index is -3.54. The SMILES string of the molecule is N=C(N)NCc1cccc2cc(S(=O)(=O)c3ccccc3)ccc12. The first-order valence-electron chi connectivity index (χ1n) is 7.38. The number of rotatable bonds is 4. The van der Waals surface area contributed by atoms with Gasteiger partial charge in [0.25, 0.3) is 0 Å². The fraction of sp³-hybridized carbons (Fsp3) is 0.0556. The number of sulfone groups is 1. The zero-order chi connectivity index (χ0) is 17.2. The number of nitrogens with two attached hydrogens (primary N) is 1. The molecule has 122 valence electrons. The minimum absolute atomic E-state index is 0.102. The molecule has 0 spiro atoms. The molecule has 0 saturated heterocycles. The Morgan fingerprint density at radius 3 is 2.42 bits per heavy atom. The van der Waals surface area contributed by atoms with E-state index in [0.717, 1.165) is 16.3 Å². The van der Waals surface area contributed by atoms with Crippen LogP contribution in [-0.4, -0.2) is 14.4 Å². The molecule has 0 aromatic heterocycles. The second kappa shape index (κ2) is 6.33. The summed E-state index contributed by atoms with van der Waals surface area (Å²) < 4.78 is 25.4. The second-order valence-corrected chi connectivity index (χ2v) is 7.33. The number of fused-ring (bicyclic) bond motifs is 1. The highest BCUT2D eigenvalue weighted by Crippen LogP contribution is 2.26. The molecule has 0 aliphatic rings. The fourth-order valence-electron chi connectivity index (χ4n) is 2.58. The lowest BCUT2D eigenvalue weighted by atomic mass is 10.0. The van der Waals surface area contributed by atoms with E-state index in [1.165, 1.54) is 0 Å². The Hall–Kier alpha value is -2.86. The number of hydrogen-bond acceptors (Lipinski definition) is 3. The molecule has 0 radical (unpaired) electrons. The van der Waals surface area contributed by atoms with Crippen LogP contribution in [0, 0.1) is 5.41 Å². The van der Waals surface area contributed by atoms with Gasteiger partial charge in [-0.3, -0.25) is 5.41 Å². The van der Waals surface area contributed by atoms with E-state index < -0.39 is 9.84 Å². The molecule has 5 nitrogen and oxygen atoms in total. The Morgan fingerprint density at radius 1 is 0.958 bits per heavy atom. The molecule has 3 aromatic rings. The standard InChI is InChI=1S/C18H17N3O2S/c19-18(20)21-12-14-6-4-5-13-11-16(9-10-17(13)14)24(22,23)15-7-2-1-3-8-15/h1-11H,12H2,(H4,19,20,21). The van der Waals surface area contributed by atoms with Crippen LogP contribution in [0.5, 0.6) is 0 Å². The Balaban J connectivity index is 2.05. The molecular formula is C18H17N3O2S. The molecule has 3 rings (SSSR count). The monoisotopic (exact) mass is 339 g/mol. The Labute approximate surface area is 140 Å². The van der Waals surface area contributed by atoms with Gasteiger partial charge >= 0.3 is 0 Å². The van der Waals surface area contributed by atoms with E-state index in [0.29, 0.717) is 6.54 Å². The van der Waals surface area contributed by atoms with Crippen molar-refractivity contribution in [2.24, 2.45) is 5.73 Å². The number of hydrogen-bond donors (Lipinski definition) is 3. The van der Waals surface area contributed by atoms with E-state index in [1.54, 1.807) is 48.5 Å². The molecule has 0 aliphatic heterocycles. The number of benzene rings is 3. The summed E-state index contributed by atoms with van der Waals surface area (Å²) >= 11 is 0. The van der Waals surface area contributed by atoms with Crippen molar-refractivity contribution in [3.63, 3.8) is 0 Å². The Kier molecular flexibility index (Phi) is 4.22. The van der Waals surface area contributed by atoms with Gasteiger partial charge in [-0.15, -0.1) is 0 Å². The maximum absolute atomic E-state index is 12.7. The largest absolute Gasteiger partial charge is 0.370 e. The smallest absolute Gasteiger partial charge is 0.206 e. The van der Waals surface area contributed by atoms with Crippen LogP contribution in [0.4, 0.5) is 0 Å². The van der Waals surface area contributed by atoms with Gasteiger partial charge in [0, 0.05) is 6.54 Å². The van der Waals surface area contributed by atoms with Gasteiger partial charge in [0.2, 0.25) is 9.84 Å². The lowest BCUT2D eigenvalue weighted by Gasteiger charge is -2.10. The highest BCUT2D eigenvalue weighted by atomic mass is 32.2. The van der Waals surface area contributed by atoms with Crippen LogP contribution in [0.1, 0.15) is 5.56 Å². The topological polar surface area (TPSA) is 96.0 Å². The van der Waals surface area contributed by atoms with Crippen molar-refractivity contribution < 1.29 is 8.42 Å². The maximum atomic E-state index is 12.7. The van der Waals surface area contributed by atoms with Crippen molar-refractivity contribution in [3.8, 4) is 0 Å². The first-order chi connectivity index (χ1) is 11.5. The van der Waals surface area contributed by atoms with Crippen molar-refractivity contribution in [2.75, 3.05) is 0 Å². The number of nitrogens with one attached hydrogen (secondary N) is 2. The van der Waals surface area contributed by atoms with Gasteiger partial charge in [-0.25, -0.2) is 8.42 Å². The summed E-state index contributed by atoms with van der Waals surface area (Å²) in [7, 11) is -3.54. The molecule has 0 aliphatic carbocycles. The molecule has 0 bridgehead atoms. The van der Waals surface area contributed by atoms with Crippen molar-refractivity contribution in [1.82, 2.24) is 5.32 Å². The molecule has 24 heavy (non-hydrogen) atoms. The molecule has 0 saturated carbocycles. The lowest BCUT2D eigenvalue weighted by Crippen LogP contribution is -2.29. The molecule has 0 heterocycles. The first kappa shape index (κ1) is 16.0. The van der Waals surface area contributed by atoms with Gasteiger partial charge in [0.1, 0.15) is 0 Å². The van der Waals surface area contributed by atoms with Gasteiger partial charge in [0.05, 0.1) is 9.79 Å². The van der Waals surface area contributed by atoms with Crippen LogP contribution < -0.4 is 11.1 Å². The van der Waals surface area contributed by atoms with Gasteiger partial charge < -0.3 is 11.1 Å². The summed E-state index contributed by atoms with van der Waals surface area (Å²) in [5.74, 6) is -0.102. The van der Waals surface area contributed by atoms with E-state index in [1.807, 2.05) is 18.2 Å². The predicted octanol–water partition coefficient (Wildman–Crippen LogP) is 2.66. The third-order valence-corrected chi connectivity index (χ3v) is 5.54. The molecule has 0 atom stereocenters.